The molecule has 0 saturated carbocycles. The van der Waals surface area contributed by atoms with E-state index in [2.05, 4.69) is 14.4 Å². The molecule has 0 aliphatic heterocycles. The molecular formula is C12H9N3O7. The molecule has 2 aromatic rings. The first-order valence-electron chi connectivity index (χ1n) is 5.81. The van der Waals surface area contributed by atoms with Crippen LogP contribution in [0.1, 0.15) is 16.2 Å². The third-order valence-corrected chi connectivity index (χ3v) is 2.42. The van der Waals surface area contributed by atoms with E-state index in [0.717, 1.165) is 0 Å². The highest BCUT2D eigenvalue weighted by Crippen LogP contribution is 2.24. The van der Waals surface area contributed by atoms with Crippen molar-refractivity contribution in [1.29, 1.82) is 0 Å². The quantitative estimate of drug-likeness (QED) is 0.377. The maximum absolute atomic E-state index is 11.4. The summed E-state index contributed by atoms with van der Waals surface area (Å²) in [7, 11) is 0. The van der Waals surface area contributed by atoms with Gasteiger partial charge in [0, 0.05) is 0 Å². The molecule has 0 unspecified atom stereocenters. The fourth-order valence-corrected chi connectivity index (χ4v) is 1.50. The normalized spacial score (nSPS) is 10.0. The Balaban J connectivity index is 2.04. The molecule has 0 spiro atoms. The molecule has 1 aromatic carbocycles. The second kappa shape index (κ2) is 6.35. The van der Waals surface area contributed by atoms with E-state index in [9.17, 15) is 19.7 Å². The van der Waals surface area contributed by atoms with Crippen molar-refractivity contribution >= 4 is 17.7 Å². The molecule has 10 heteroatoms. The molecule has 2 rings (SSSR count). The summed E-state index contributed by atoms with van der Waals surface area (Å²) in [6, 6.07) is 8.04. The summed E-state index contributed by atoms with van der Waals surface area (Å²) in [5.41, 5.74) is 3.52. The number of benzene rings is 1. The van der Waals surface area contributed by atoms with E-state index in [4.69, 9.17) is 10.5 Å². The largest absolute Gasteiger partial charge is 0.514 e. The van der Waals surface area contributed by atoms with E-state index >= 15 is 0 Å². The van der Waals surface area contributed by atoms with Crippen LogP contribution < -0.4 is 10.5 Å². The first-order chi connectivity index (χ1) is 10.5. The maximum atomic E-state index is 11.4. The summed E-state index contributed by atoms with van der Waals surface area (Å²) in [5, 5.41) is 14.0. The highest BCUT2D eigenvalue weighted by atomic mass is 16.7. The molecule has 114 valence electrons. The number of nitro groups is 1. The van der Waals surface area contributed by atoms with Gasteiger partial charge in [-0.3, -0.25) is 14.9 Å². The smallest absolute Gasteiger partial charge is 0.425 e. The van der Waals surface area contributed by atoms with Gasteiger partial charge < -0.3 is 19.7 Å². The number of rotatable bonds is 5. The molecule has 0 fully saturated rings. The van der Waals surface area contributed by atoms with Crippen LogP contribution in [-0.2, 0) is 11.3 Å². The van der Waals surface area contributed by atoms with Crippen LogP contribution in [0.4, 0.5) is 10.5 Å². The van der Waals surface area contributed by atoms with Crippen molar-refractivity contribution in [3.05, 3.63) is 51.9 Å². The number of nitrogens with zero attached hydrogens (tertiary/aromatic N) is 2. The summed E-state index contributed by atoms with van der Waals surface area (Å²) in [5.74, 6) is -1.32. The summed E-state index contributed by atoms with van der Waals surface area (Å²) in [4.78, 5) is 32.4. The van der Waals surface area contributed by atoms with Gasteiger partial charge in [0.25, 0.3) is 11.7 Å². The van der Waals surface area contributed by atoms with Crippen LogP contribution in [0.25, 0.3) is 0 Å². The van der Waals surface area contributed by atoms with Crippen molar-refractivity contribution in [1.82, 2.24) is 5.16 Å². The van der Waals surface area contributed by atoms with Crippen LogP contribution in [0.3, 0.4) is 0 Å². The number of amides is 1. The molecule has 22 heavy (non-hydrogen) atoms. The Morgan fingerprint density at radius 3 is 2.59 bits per heavy atom. The topological polar surface area (TPSA) is 148 Å². The molecule has 2 N–H and O–H groups in total. The van der Waals surface area contributed by atoms with Crippen molar-refractivity contribution in [3.63, 3.8) is 0 Å². The summed E-state index contributed by atoms with van der Waals surface area (Å²) >= 11 is 0. The highest BCUT2D eigenvalue weighted by Gasteiger charge is 2.31. The molecule has 1 amide bonds. The van der Waals surface area contributed by atoms with E-state index in [1.807, 2.05) is 0 Å². The number of carbonyl (C=O) groups excluding carboxylic acids is 2. The van der Waals surface area contributed by atoms with E-state index in [-0.39, 0.29) is 5.75 Å². The fourth-order valence-electron chi connectivity index (χ4n) is 1.50. The number of hydrogen-bond donors (Lipinski definition) is 1. The first kappa shape index (κ1) is 15.0. The van der Waals surface area contributed by atoms with Gasteiger partial charge in [-0.05, 0) is 12.1 Å². The lowest BCUT2D eigenvalue weighted by molar-refractivity contribution is -0.386. The average molecular weight is 307 g/mol. The lowest BCUT2D eigenvalue weighted by Gasteiger charge is -2.03. The number of carbonyl (C=O) groups is 2. The lowest BCUT2D eigenvalue weighted by Crippen LogP contribution is -2.14. The molecule has 1 aromatic heterocycles. The van der Waals surface area contributed by atoms with Crippen molar-refractivity contribution in [2.75, 3.05) is 0 Å². The Bertz CT molecular complexity index is 711. The zero-order valence-electron chi connectivity index (χ0n) is 10.9. The van der Waals surface area contributed by atoms with Gasteiger partial charge in [0.15, 0.2) is 6.61 Å². The molecule has 0 radical (unpaired) electrons. The van der Waals surface area contributed by atoms with Gasteiger partial charge in [-0.25, -0.2) is 4.79 Å². The molecule has 0 bridgehead atoms. The van der Waals surface area contributed by atoms with E-state index in [1.54, 1.807) is 18.2 Å². The van der Waals surface area contributed by atoms with Gasteiger partial charge in [-0.15, -0.1) is 0 Å². The Labute approximate surface area is 122 Å². The standard InChI is InChI=1S/C12H9N3O7/c13-11(16)9-10(15(18)19)8(22-14-9)6-20-12(17)21-7-4-2-1-3-5-7/h1-5H,6H2,(H2,13,16). The Kier molecular flexibility index (Phi) is 4.32. The van der Waals surface area contributed by atoms with E-state index < -0.39 is 40.7 Å². The van der Waals surface area contributed by atoms with Crippen molar-refractivity contribution in [2.24, 2.45) is 5.73 Å². The molecule has 0 atom stereocenters. The molecular weight excluding hydrogens is 298 g/mol. The number of aromatic nitrogens is 1. The van der Waals surface area contributed by atoms with E-state index in [1.165, 1.54) is 12.1 Å². The van der Waals surface area contributed by atoms with Crippen molar-refractivity contribution < 1.29 is 28.5 Å². The van der Waals surface area contributed by atoms with Crippen molar-refractivity contribution in [2.45, 2.75) is 6.61 Å². The zero-order valence-corrected chi connectivity index (χ0v) is 10.9. The van der Waals surface area contributed by atoms with Crippen LogP contribution in [-0.4, -0.2) is 22.1 Å². The molecule has 0 aliphatic carbocycles. The highest BCUT2D eigenvalue weighted by molar-refractivity contribution is 5.95. The molecule has 10 nitrogen and oxygen atoms in total. The molecule has 0 saturated heterocycles. The van der Waals surface area contributed by atoms with Gasteiger partial charge in [0.2, 0.25) is 5.69 Å². The van der Waals surface area contributed by atoms with Gasteiger partial charge in [-0.2, -0.15) is 0 Å². The minimum Gasteiger partial charge on any atom is -0.425 e. The van der Waals surface area contributed by atoms with E-state index in [0.29, 0.717) is 0 Å². The number of ether oxygens (including phenoxy) is 2. The molecule has 0 aliphatic rings. The average Bonchev–Trinajstić information content (AvgIpc) is 2.90. The monoisotopic (exact) mass is 307 g/mol. The number of hydrogen-bond acceptors (Lipinski definition) is 8. The number of nitrogens with two attached hydrogens (primary N) is 1. The minimum atomic E-state index is -1.13. The minimum absolute atomic E-state index is 0.234. The van der Waals surface area contributed by atoms with Crippen LogP contribution >= 0.6 is 0 Å². The third kappa shape index (κ3) is 3.36. The number of primary amides is 1. The van der Waals surface area contributed by atoms with Crippen LogP contribution in [0.5, 0.6) is 5.75 Å². The Hall–Kier alpha value is -3.43. The lowest BCUT2D eigenvalue weighted by atomic mass is 10.3. The van der Waals surface area contributed by atoms with Crippen LogP contribution in [0.2, 0.25) is 0 Å². The third-order valence-electron chi connectivity index (χ3n) is 2.42. The maximum Gasteiger partial charge on any atom is 0.514 e. The van der Waals surface area contributed by atoms with Gasteiger partial charge in [0.1, 0.15) is 5.75 Å². The summed E-state index contributed by atoms with van der Waals surface area (Å²) in [6.07, 6.45) is -1.10. The summed E-state index contributed by atoms with van der Waals surface area (Å²) < 4.78 is 14.1. The first-order valence-corrected chi connectivity index (χ1v) is 5.81. The van der Waals surface area contributed by atoms with Gasteiger partial charge >= 0.3 is 11.8 Å². The fraction of sp³-hybridized carbons (Fsp3) is 0.0833. The SMILES string of the molecule is NC(=O)c1noc(COC(=O)Oc2ccccc2)c1[N+](=O)[O-]. The Morgan fingerprint density at radius 2 is 2.00 bits per heavy atom. The van der Waals surface area contributed by atoms with Crippen molar-refractivity contribution in [3.8, 4) is 5.75 Å². The van der Waals surface area contributed by atoms with Crippen LogP contribution in [0, 0.1) is 10.1 Å². The van der Waals surface area contributed by atoms with Gasteiger partial charge in [-0.1, -0.05) is 23.4 Å². The predicted molar refractivity (Wildman–Crippen MR) is 68.9 cm³/mol. The van der Waals surface area contributed by atoms with Gasteiger partial charge in [0.05, 0.1) is 4.92 Å². The number of para-hydroxylation sites is 1. The zero-order chi connectivity index (χ0) is 16.1. The second-order valence-electron chi connectivity index (χ2n) is 3.88. The summed E-state index contributed by atoms with van der Waals surface area (Å²) in [6.45, 7) is -0.637. The second-order valence-corrected chi connectivity index (χ2v) is 3.88. The predicted octanol–water partition coefficient (Wildman–Crippen LogP) is 1.40. The Morgan fingerprint density at radius 1 is 1.32 bits per heavy atom. The molecule has 1 heterocycles. The van der Waals surface area contributed by atoms with Crippen LogP contribution in [0.15, 0.2) is 34.9 Å².